The number of nitrogens with zero attached hydrogens (tertiary/aromatic N) is 2. The Morgan fingerprint density at radius 3 is 2.64 bits per heavy atom. The molecule has 0 amide bonds. The van der Waals surface area contributed by atoms with Crippen molar-refractivity contribution in [3.63, 3.8) is 0 Å². The molecule has 1 aliphatic rings. The number of halogens is 3. The molecule has 1 heterocycles. The predicted octanol–water partition coefficient (Wildman–Crippen LogP) is 6.02. The number of hydrogen-bond donors (Lipinski definition) is 1. The van der Waals surface area contributed by atoms with E-state index in [2.05, 4.69) is 9.98 Å². The van der Waals surface area contributed by atoms with Gasteiger partial charge in [-0.3, -0.25) is 4.99 Å². The van der Waals surface area contributed by atoms with E-state index in [0.717, 1.165) is 5.04 Å². The Morgan fingerprint density at radius 2 is 2.00 bits per heavy atom. The molecule has 1 aromatic rings. The number of thioether (sulfide) groups is 1. The molecule has 0 radical (unpaired) electrons. The van der Waals surface area contributed by atoms with Crippen LogP contribution in [0.15, 0.2) is 46.0 Å². The first-order chi connectivity index (χ1) is 13.2. The van der Waals surface area contributed by atoms with Crippen LogP contribution in [0, 0.1) is 5.92 Å². The Kier molecular flexibility index (Phi) is 10.3. The van der Waals surface area contributed by atoms with Crippen molar-refractivity contribution < 1.29 is 17.9 Å². The molecule has 0 bridgehead atoms. The quantitative estimate of drug-likeness (QED) is 0.363. The molecule has 1 aliphatic heterocycles. The van der Waals surface area contributed by atoms with Gasteiger partial charge in [0, 0.05) is 17.7 Å². The number of alkyl halides is 3. The summed E-state index contributed by atoms with van der Waals surface area (Å²) in [6.07, 6.45) is -0.973. The maximum Gasteiger partial charge on any atom is 0.411 e. The zero-order valence-corrected chi connectivity index (χ0v) is 17.5. The van der Waals surface area contributed by atoms with E-state index in [-0.39, 0.29) is 5.92 Å². The molecule has 8 heteroatoms. The summed E-state index contributed by atoms with van der Waals surface area (Å²) in [5.41, 5.74) is 7.84. The third-order valence-corrected chi connectivity index (χ3v) is 4.68. The predicted molar refractivity (Wildman–Crippen MR) is 114 cm³/mol. The van der Waals surface area contributed by atoms with Crippen molar-refractivity contribution in [1.82, 2.24) is 0 Å². The second-order valence-electron chi connectivity index (χ2n) is 6.05. The number of para-hydroxylation sites is 2. The molecule has 0 aromatic heterocycles. The van der Waals surface area contributed by atoms with Crippen molar-refractivity contribution in [3.05, 3.63) is 36.0 Å². The van der Waals surface area contributed by atoms with Gasteiger partial charge in [0.05, 0.1) is 22.5 Å². The Labute approximate surface area is 169 Å². The summed E-state index contributed by atoms with van der Waals surface area (Å²) in [5.74, 6) is 0.430. The lowest BCUT2D eigenvalue weighted by molar-refractivity contribution is -0.184. The van der Waals surface area contributed by atoms with Gasteiger partial charge in [0.15, 0.2) is 0 Å². The van der Waals surface area contributed by atoms with E-state index in [1.54, 1.807) is 18.4 Å². The smallest absolute Gasteiger partial charge is 0.397 e. The Morgan fingerprint density at radius 1 is 1.32 bits per heavy atom. The maximum absolute atomic E-state index is 12.4. The highest BCUT2D eigenvalue weighted by atomic mass is 32.2. The fourth-order valence-corrected chi connectivity index (χ4v) is 3.02. The Hall–Kier alpha value is -1.80. The van der Waals surface area contributed by atoms with Crippen LogP contribution in [0.1, 0.15) is 34.1 Å². The van der Waals surface area contributed by atoms with Gasteiger partial charge in [-0.1, -0.05) is 32.9 Å². The summed E-state index contributed by atoms with van der Waals surface area (Å²) >= 11 is 1.46. The molecule has 1 aromatic carbocycles. The third kappa shape index (κ3) is 8.93. The van der Waals surface area contributed by atoms with Crippen LogP contribution < -0.4 is 5.73 Å². The molecule has 0 saturated carbocycles. The second kappa shape index (κ2) is 11.9. The molecule has 0 saturated heterocycles. The highest BCUT2D eigenvalue weighted by Gasteiger charge is 2.30. The van der Waals surface area contributed by atoms with E-state index in [4.69, 9.17) is 10.5 Å². The van der Waals surface area contributed by atoms with Crippen LogP contribution >= 0.6 is 11.8 Å². The molecule has 4 nitrogen and oxygen atoms in total. The van der Waals surface area contributed by atoms with Crippen molar-refractivity contribution in [3.8, 4) is 0 Å². The maximum atomic E-state index is 12.4. The summed E-state index contributed by atoms with van der Waals surface area (Å²) < 4.78 is 42.3. The zero-order chi connectivity index (χ0) is 21.2. The summed E-state index contributed by atoms with van der Waals surface area (Å²) in [7, 11) is 0. The van der Waals surface area contributed by atoms with E-state index in [9.17, 15) is 13.2 Å². The minimum atomic E-state index is -4.34. The third-order valence-electron chi connectivity index (χ3n) is 3.73. The molecule has 28 heavy (non-hydrogen) atoms. The van der Waals surface area contributed by atoms with Gasteiger partial charge in [-0.05, 0) is 37.5 Å². The first-order valence-corrected chi connectivity index (χ1v) is 10.2. The lowest BCUT2D eigenvalue weighted by atomic mass is 10.0. The molecule has 2 unspecified atom stereocenters. The topological polar surface area (TPSA) is 60.0 Å². The SMILES string of the molecule is CC.CC(=Nc1ccccc1N)SCC1=CC(OCC(F)(F)F)C(C)CC=N1. The van der Waals surface area contributed by atoms with Gasteiger partial charge >= 0.3 is 6.18 Å². The van der Waals surface area contributed by atoms with Crippen LogP contribution in [0.2, 0.25) is 0 Å². The Balaban J connectivity index is 0.00000190. The molecule has 2 atom stereocenters. The minimum Gasteiger partial charge on any atom is -0.397 e. The average molecular weight is 416 g/mol. The number of nitrogens with two attached hydrogens (primary N) is 1. The van der Waals surface area contributed by atoms with Crippen LogP contribution in [0.25, 0.3) is 0 Å². The van der Waals surface area contributed by atoms with Gasteiger partial charge in [0.25, 0.3) is 0 Å². The van der Waals surface area contributed by atoms with Crippen molar-refractivity contribution in [2.24, 2.45) is 15.9 Å². The van der Waals surface area contributed by atoms with Gasteiger partial charge in [0.2, 0.25) is 0 Å². The minimum absolute atomic E-state index is 0.0671. The fraction of sp³-hybridized carbons (Fsp3) is 0.500. The first-order valence-electron chi connectivity index (χ1n) is 9.19. The lowest BCUT2D eigenvalue weighted by Crippen LogP contribution is -2.26. The number of nitrogen functional groups attached to an aromatic ring is 1. The van der Waals surface area contributed by atoms with Gasteiger partial charge in [-0.15, -0.1) is 11.8 Å². The van der Waals surface area contributed by atoms with E-state index in [1.165, 1.54) is 11.8 Å². The molecular formula is C20H28F3N3OS. The van der Waals surface area contributed by atoms with Crippen LogP contribution in [-0.2, 0) is 4.74 Å². The normalized spacial score (nSPS) is 20.1. The van der Waals surface area contributed by atoms with E-state index >= 15 is 0 Å². The molecule has 2 N–H and O–H groups in total. The first kappa shape index (κ1) is 24.2. The zero-order valence-electron chi connectivity index (χ0n) is 16.7. The highest BCUT2D eigenvalue weighted by molar-refractivity contribution is 8.14. The summed E-state index contributed by atoms with van der Waals surface area (Å²) in [4.78, 5) is 8.80. The van der Waals surface area contributed by atoms with Gasteiger partial charge in [-0.25, -0.2) is 4.99 Å². The van der Waals surface area contributed by atoms with E-state index < -0.39 is 18.9 Å². The number of anilines is 1. The number of benzene rings is 1. The number of rotatable bonds is 5. The second-order valence-corrected chi connectivity index (χ2v) is 7.22. The van der Waals surface area contributed by atoms with Crippen molar-refractivity contribution >= 4 is 34.4 Å². The van der Waals surface area contributed by atoms with Crippen LogP contribution in [0.4, 0.5) is 24.5 Å². The summed E-state index contributed by atoms with van der Waals surface area (Å²) in [6, 6.07) is 7.30. The highest BCUT2D eigenvalue weighted by Crippen LogP contribution is 2.26. The molecule has 0 spiro atoms. The standard InChI is InChI=1S/C18H22F3N3OS.C2H6/c1-12-7-8-23-14(9-17(12)25-11-18(19,20)21)10-26-13(2)24-16-6-4-3-5-15(16)22;1-2/h3-6,8-9,12,17H,7,10-11,22H2,1-2H3;1-2H3. The lowest BCUT2D eigenvalue weighted by Gasteiger charge is -2.20. The number of hydrogen-bond acceptors (Lipinski definition) is 5. The fourth-order valence-electron chi connectivity index (χ4n) is 2.33. The summed E-state index contributed by atoms with van der Waals surface area (Å²) in [5, 5.41) is 0.795. The largest absolute Gasteiger partial charge is 0.411 e. The van der Waals surface area contributed by atoms with E-state index in [1.807, 2.05) is 45.9 Å². The number of aliphatic imine (C=N–C) groups is 2. The van der Waals surface area contributed by atoms with Gasteiger partial charge in [-0.2, -0.15) is 13.2 Å². The van der Waals surface area contributed by atoms with Gasteiger partial charge < -0.3 is 10.5 Å². The van der Waals surface area contributed by atoms with E-state index in [0.29, 0.717) is 29.2 Å². The molecular weight excluding hydrogens is 387 g/mol. The molecule has 156 valence electrons. The molecule has 2 rings (SSSR count). The van der Waals surface area contributed by atoms with Crippen LogP contribution in [-0.4, -0.2) is 35.9 Å². The van der Waals surface area contributed by atoms with Crippen molar-refractivity contribution in [2.45, 2.75) is 46.4 Å². The van der Waals surface area contributed by atoms with Crippen molar-refractivity contribution in [1.29, 1.82) is 0 Å². The van der Waals surface area contributed by atoms with Crippen molar-refractivity contribution in [2.75, 3.05) is 18.1 Å². The van der Waals surface area contributed by atoms with Gasteiger partial charge in [0.1, 0.15) is 6.61 Å². The average Bonchev–Trinajstić information content (AvgIpc) is 2.82. The molecule has 0 fully saturated rings. The van der Waals surface area contributed by atoms with Crippen LogP contribution in [0.3, 0.4) is 0 Å². The monoisotopic (exact) mass is 415 g/mol. The van der Waals surface area contributed by atoms with Crippen LogP contribution in [0.5, 0.6) is 0 Å². The number of ether oxygens (including phenoxy) is 1. The Bertz CT molecular complexity index is 702. The summed E-state index contributed by atoms with van der Waals surface area (Å²) in [6.45, 7) is 6.45. The molecule has 0 aliphatic carbocycles.